The number of carbonyl (C=O) groups is 2. The quantitative estimate of drug-likeness (QED) is 0.318. The lowest BCUT2D eigenvalue weighted by atomic mass is 10.8. The molecule has 0 aromatic heterocycles. The van der Waals surface area contributed by atoms with E-state index in [4.69, 9.17) is 5.73 Å². The third kappa shape index (κ3) is 4.94. The van der Waals surface area contributed by atoms with Crippen molar-refractivity contribution in [2.24, 2.45) is 0 Å². The molecule has 7 heavy (non-hydrogen) atoms. The van der Waals surface area contributed by atoms with Crippen LogP contribution in [0.4, 0.5) is 4.79 Å². The lowest BCUT2D eigenvalue weighted by Gasteiger charge is -1.86. The van der Waals surface area contributed by atoms with Crippen LogP contribution in [0.3, 0.4) is 0 Å². The minimum atomic E-state index is -1.31. The minimum absolute atomic E-state index is 0.750. The van der Waals surface area contributed by atoms with Gasteiger partial charge >= 0.3 is 12.1 Å². The molecule has 4 nitrogen and oxygen atoms in total. The van der Waals surface area contributed by atoms with Gasteiger partial charge in [0, 0.05) is 6.92 Å². The Morgan fingerprint density at radius 1 is 1.57 bits per heavy atom. The fraction of sp³-hybridized carbons (Fsp3) is 0.333. The van der Waals surface area contributed by atoms with E-state index in [1.54, 1.807) is 0 Å². The number of amides is 1. The Bertz CT molecular complexity index is 86.4. The highest BCUT2D eigenvalue weighted by atomic mass is 16.6. The van der Waals surface area contributed by atoms with Gasteiger partial charge in [0.15, 0.2) is 0 Å². The first kappa shape index (κ1) is 5.94. The van der Waals surface area contributed by atoms with E-state index in [1.165, 1.54) is 0 Å². The summed E-state index contributed by atoms with van der Waals surface area (Å²) in [5.74, 6) is -0.750. The SMILES string of the molecule is CC(=O)OC([NH])=O. The molecule has 1 N–H and O–H groups in total. The van der Waals surface area contributed by atoms with Crippen molar-refractivity contribution in [1.82, 2.24) is 5.73 Å². The monoisotopic (exact) mass is 102 g/mol. The number of rotatable bonds is 0. The molecule has 0 bridgehead atoms. The van der Waals surface area contributed by atoms with Crippen LogP contribution in [0.5, 0.6) is 0 Å². The van der Waals surface area contributed by atoms with Crippen LogP contribution in [0.1, 0.15) is 6.92 Å². The summed E-state index contributed by atoms with van der Waals surface area (Å²) < 4.78 is 3.64. The van der Waals surface area contributed by atoms with Crippen LogP contribution >= 0.6 is 0 Å². The van der Waals surface area contributed by atoms with Crippen molar-refractivity contribution >= 4 is 12.1 Å². The Balaban J connectivity index is 3.32. The van der Waals surface area contributed by atoms with E-state index in [1.807, 2.05) is 0 Å². The number of ether oxygens (including phenoxy) is 1. The Labute approximate surface area is 40.2 Å². The second-order valence-corrected chi connectivity index (χ2v) is 0.881. The highest BCUT2D eigenvalue weighted by Crippen LogP contribution is 1.72. The topological polar surface area (TPSA) is 67.2 Å². The smallest absolute Gasteiger partial charge is 0.375 e. The van der Waals surface area contributed by atoms with Crippen molar-refractivity contribution in [3.63, 3.8) is 0 Å². The Hall–Kier alpha value is -1.06. The summed E-state index contributed by atoms with van der Waals surface area (Å²) in [7, 11) is 0. The molecule has 0 aliphatic carbocycles. The first-order valence-electron chi connectivity index (χ1n) is 1.57. The van der Waals surface area contributed by atoms with E-state index in [-0.39, 0.29) is 0 Å². The first-order valence-corrected chi connectivity index (χ1v) is 1.57. The van der Waals surface area contributed by atoms with Crippen LogP contribution in [-0.4, -0.2) is 12.1 Å². The van der Waals surface area contributed by atoms with Crippen LogP contribution in [0.15, 0.2) is 0 Å². The molecule has 39 valence electrons. The molecule has 0 aromatic rings. The van der Waals surface area contributed by atoms with Crippen molar-refractivity contribution in [3.05, 3.63) is 0 Å². The van der Waals surface area contributed by atoms with E-state index < -0.39 is 12.1 Å². The molecule has 0 unspecified atom stereocenters. The molecular weight excluding hydrogens is 98.0 g/mol. The van der Waals surface area contributed by atoms with Crippen molar-refractivity contribution in [3.8, 4) is 0 Å². The van der Waals surface area contributed by atoms with Crippen LogP contribution in [-0.2, 0) is 9.53 Å². The van der Waals surface area contributed by atoms with Gasteiger partial charge in [-0.1, -0.05) is 0 Å². The number of hydrogen-bond donors (Lipinski definition) is 0. The molecule has 0 aliphatic rings. The molecule has 1 radical (unpaired) electrons. The molecule has 0 fully saturated rings. The number of carbonyl (C=O) groups excluding carboxylic acids is 2. The van der Waals surface area contributed by atoms with Gasteiger partial charge in [0.25, 0.3) is 0 Å². The molecule has 0 aliphatic heterocycles. The highest BCUT2D eigenvalue weighted by Gasteiger charge is 1.95. The summed E-state index contributed by atoms with van der Waals surface area (Å²) in [5, 5.41) is 0. The molecular formula is C3H4NO3. The molecule has 4 heteroatoms. The van der Waals surface area contributed by atoms with E-state index in [2.05, 4.69) is 4.74 Å². The lowest BCUT2D eigenvalue weighted by molar-refractivity contribution is -0.134. The molecule has 0 spiro atoms. The fourth-order valence-corrected chi connectivity index (χ4v) is 0.131. The highest BCUT2D eigenvalue weighted by molar-refractivity contribution is 5.81. The summed E-state index contributed by atoms with van der Waals surface area (Å²) >= 11 is 0. The van der Waals surface area contributed by atoms with Gasteiger partial charge in [0.2, 0.25) is 0 Å². The molecule has 0 heterocycles. The average Bonchev–Trinajstić information content (AvgIpc) is 1.27. The number of esters is 1. The van der Waals surface area contributed by atoms with E-state index in [9.17, 15) is 9.59 Å². The van der Waals surface area contributed by atoms with Crippen LogP contribution < -0.4 is 5.73 Å². The van der Waals surface area contributed by atoms with Crippen molar-refractivity contribution in [1.29, 1.82) is 0 Å². The van der Waals surface area contributed by atoms with Crippen molar-refractivity contribution in [2.75, 3.05) is 0 Å². The van der Waals surface area contributed by atoms with Gasteiger partial charge < -0.3 is 4.74 Å². The summed E-state index contributed by atoms with van der Waals surface area (Å²) in [6, 6.07) is 0. The van der Waals surface area contributed by atoms with Gasteiger partial charge in [-0.05, 0) is 0 Å². The van der Waals surface area contributed by atoms with E-state index >= 15 is 0 Å². The Morgan fingerprint density at radius 3 is 2.00 bits per heavy atom. The van der Waals surface area contributed by atoms with Gasteiger partial charge in [-0.3, -0.25) is 4.79 Å². The molecule has 0 saturated heterocycles. The first-order chi connectivity index (χ1) is 3.13. The fourth-order valence-electron chi connectivity index (χ4n) is 0.131. The van der Waals surface area contributed by atoms with Gasteiger partial charge in [-0.25, -0.2) is 10.5 Å². The van der Waals surface area contributed by atoms with Gasteiger partial charge in [0.05, 0.1) is 0 Å². The van der Waals surface area contributed by atoms with Crippen LogP contribution in [0.25, 0.3) is 0 Å². The predicted molar refractivity (Wildman–Crippen MR) is 20.3 cm³/mol. The van der Waals surface area contributed by atoms with E-state index in [0.717, 1.165) is 6.92 Å². The maximum atomic E-state index is 9.69. The summed E-state index contributed by atoms with van der Waals surface area (Å²) in [4.78, 5) is 19.2. The normalized spacial score (nSPS) is 7.57. The third-order valence-corrected chi connectivity index (χ3v) is 0.236. The van der Waals surface area contributed by atoms with E-state index in [0.29, 0.717) is 0 Å². The molecule has 0 aromatic carbocycles. The Kier molecular flexibility index (Phi) is 1.84. The average molecular weight is 102 g/mol. The number of nitrogens with one attached hydrogen (secondary N) is 1. The van der Waals surface area contributed by atoms with Crippen molar-refractivity contribution < 1.29 is 14.3 Å². The third-order valence-electron chi connectivity index (χ3n) is 0.236. The Morgan fingerprint density at radius 2 is 2.00 bits per heavy atom. The summed E-state index contributed by atoms with van der Waals surface area (Å²) in [6.45, 7) is 1.06. The maximum absolute atomic E-state index is 9.69. The van der Waals surface area contributed by atoms with Gasteiger partial charge in [0.1, 0.15) is 0 Å². The molecule has 1 amide bonds. The van der Waals surface area contributed by atoms with Crippen LogP contribution in [0.2, 0.25) is 0 Å². The summed E-state index contributed by atoms with van der Waals surface area (Å²) in [6.07, 6.45) is -1.31. The predicted octanol–water partition coefficient (Wildman–Crippen LogP) is -0.0476. The molecule has 0 saturated carbocycles. The van der Waals surface area contributed by atoms with Gasteiger partial charge in [-0.2, -0.15) is 0 Å². The van der Waals surface area contributed by atoms with Crippen LogP contribution in [0, 0.1) is 0 Å². The zero-order chi connectivity index (χ0) is 5.86. The molecule has 0 atom stereocenters. The zero-order valence-corrected chi connectivity index (χ0v) is 3.72. The second-order valence-electron chi connectivity index (χ2n) is 0.881. The van der Waals surface area contributed by atoms with Crippen molar-refractivity contribution in [2.45, 2.75) is 6.92 Å². The maximum Gasteiger partial charge on any atom is 0.433 e. The standard InChI is InChI=1S/C3H4NO3/c1-2(5)7-3(4)6/h4H,1H3. The van der Waals surface area contributed by atoms with Gasteiger partial charge in [-0.15, -0.1) is 0 Å². The minimum Gasteiger partial charge on any atom is -0.375 e. The lowest BCUT2D eigenvalue weighted by Crippen LogP contribution is -2.06. The number of hydrogen-bond acceptors (Lipinski definition) is 3. The summed E-state index contributed by atoms with van der Waals surface area (Å²) in [5.41, 5.74) is 6.03. The molecule has 0 rings (SSSR count). The second kappa shape index (κ2) is 2.17. The zero-order valence-electron chi connectivity index (χ0n) is 3.72. The largest absolute Gasteiger partial charge is 0.433 e.